The first-order valence-corrected chi connectivity index (χ1v) is 9.08. The Morgan fingerprint density at radius 2 is 1.86 bits per heavy atom. The number of rotatable bonds is 6. The van der Waals surface area contributed by atoms with Gasteiger partial charge in [-0.1, -0.05) is 0 Å². The van der Waals surface area contributed by atoms with Gasteiger partial charge in [-0.25, -0.2) is 4.79 Å². The summed E-state index contributed by atoms with van der Waals surface area (Å²) in [6, 6.07) is 6.67. The highest BCUT2D eigenvalue weighted by Crippen LogP contribution is 2.22. The Hall–Kier alpha value is -3.27. The number of hydrogen-bond donors (Lipinski definition) is 1. The van der Waals surface area contributed by atoms with Gasteiger partial charge in [0.2, 0.25) is 0 Å². The van der Waals surface area contributed by atoms with Crippen LogP contribution < -0.4 is 10.1 Å². The third-order valence-corrected chi connectivity index (χ3v) is 4.74. The van der Waals surface area contributed by atoms with E-state index in [-0.39, 0.29) is 11.6 Å². The second kappa shape index (κ2) is 8.17. The van der Waals surface area contributed by atoms with E-state index in [0.29, 0.717) is 29.3 Å². The number of nitrogens with zero attached hydrogens (tertiary/aromatic N) is 4. The van der Waals surface area contributed by atoms with Gasteiger partial charge in [-0.2, -0.15) is 13.8 Å². The standard InChI is InChI=1S/C18H19N5O4S/c1-10-14(22-28-21-10)9-27-13-7-5-12(6-8-13)17(24)19-15-11(2)20-23(3)16(15)18(25)26-4/h5-8H,9H2,1-4H3,(H,19,24). The third kappa shape index (κ3) is 4.01. The van der Waals surface area contributed by atoms with Crippen LogP contribution in [-0.2, 0) is 18.4 Å². The highest BCUT2D eigenvalue weighted by Gasteiger charge is 2.22. The number of carbonyl (C=O) groups is 2. The molecule has 10 heteroatoms. The number of methoxy groups -OCH3 is 1. The van der Waals surface area contributed by atoms with Crippen molar-refractivity contribution in [1.29, 1.82) is 0 Å². The maximum absolute atomic E-state index is 12.6. The number of ether oxygens (including phenoxy) is 2. The second-order valence-corrected chi connectivity index (χ2v) is 6.52. The van der Waals surface area contributed by atoms with Gasteiger partial charge in [0.1, 0.15) is 18.1 Å². The molecule has 1 N–H and O–H groups in total. The number of carbonyl (C=O) groups excluding carboxylic acids is 2. The molecule has 1 aromatic carbocycles. The predicted molar refractivity (Wildman–Crippen MR) is 103 cm³/mol. The number of esters is 1. The fraction of sp³-hybridized carbons (Fsp3) is 0.278. The van der Waals surface area contributed by atoms with Crippen molar-refractivity contribution in [2.45, 2.75) is 20.5 Å². The van der Waals surface area contributed by atoms with Crippen LogP contribution in [-0.4, -0.2) is 37.5 Å². The zero-order chi connectivity index (χ0) is 20.3. The summed E-state index contributed by atoms with van der Waals surface area (Å²) in [6.45, 7) is 3.89. The number of aromatic nitrogens is 4. The van der Waals surface area contributed by atoms with E-state index in [4.69, 9.17) is 9.47 Å². The minimum absolute atomic E-state index is 0.181. The lowest BCUT2D eigenvalue weighted by Crippen LogP contribution is -2.16. The lowest BCUT2D eigenvalue weighted by molar-refractivity contribution is 0.0589. The predicted octanol–water partition coefficient (Wildman–Crippen LogP) is 2.51. The number of nitrogens with one attached hydrogen (secondary N) is 1. The molecule has 0 atom stereocenters. The molecule has 146 valence electrons. The molecule has 0 saturated heterocycles. The summed E-state index contributed by atoms with van der Waals surface area (Å²) < 4.78 is 20.1. The van der Waals surface area contributed by atoms with Crippen LogP contribution in [0.2, 0.25) is 0 Å². The van der Waals surface area contributed by atoms with Gasteiger partial charge in [-0.05, 0) is 38.1 Å². The van der Waals surface area contributed by atoms with Crippen LogP contribution in [0.3, 0.4) is 0 Å². The Bertz CT molecular complexity index is 1010. The van der Waals surface area contributed by atoms with Crippen molar-refractivity contribution in [2.24, 2.45) is 7.05 Å². The summed E-state index contributed by atoms with van der Waals surface area (Å²) in [7, 11) is 2.89. The van der Waals surface area contributed by atoms with E-state index in [1.807, 2.05) is 6.92 Å². The van der Waals surface area contributed by atoms with Gasteiger partial charge in [0, 0.05) is 12.6 Å². The third-order valence-electron chi connectivity index (χ3n) is 4.08. The van der Waals surface area contributed by atoms with Gasteiger partial charge >= 0.3 is 5.97 Å². The molecule has 1 amide bonds. The van der Waals surface area contributed by atoms with Crippen LogP contribution in [0.1, 0.15) is 37.9 Å². The highest BCUT2D eigenvalue weighted by molar-refractivity contribution is 6.99. The van der Waals surface area contributed by atoms with E-state index < -0.39 is 5.97 Å². The fourth-order valence-corrected chi connectivity index (χ4v) is 3.11. The minimum atomic E-state index is -0.575. The summed E-state index contributed by atoms with van der Waals surface area (Å²) in [5, 5.41) is 6.90. The molecule has 0 unspecified atom stereocenters. The van der Waals surface area contributed by atoms with Crippen LogP contribution in [0, 0.1) is 13.8 Å². The molecule has 9 nitrogen and oxygen atoms in total. The molecule has 0 radical (unpaired) electrons. The molecular formula is C18H19N5O4S. The van der Waals surface area contributed by atoms with Crippen molar-refractivity contribution >= 4 is 29.3 Å². The normalized spacial score (nSPS) is 10.6. The van der Waals surface area contributed by atoms with Crippen molar-refractivity contribution < 1.29 is 19.1 Å². The van der Waals surface area contributed by atoms with Crippen LogP contribution in [0.15, 0.2) is 24.3 Å². The Balaban J connectivity index is 1.70. The molecule has 0 aliphatic heterocycles. The summed E-state index contributed by atoms with van der Waals surface area (Å²) in [4.78, 5) is 24.5. The monoisotopic (exact) mass is 401 g/mol. The van der Waals surface area contributed by atoms with Crippen LogP contribution in [0.4, 0.5) is 5.69 Å². The number of amides is 1. The van der Waals surface area contributed by atoms with Crippen LogP contribution >= 0.6 is 11.7 Å². The molecule has 3 rings (SSSR count). The molecule has 0 aliphatic carbocycles. The maximum atomic E-state index is 12.6. The first-order valence-electron chi connectivity index (χ1n) is 8.35. The number of hydrogen-bond acceptors (Lipinski definition) is 8. The fourth-order valence-electron chi connectivity index (χ4n) is 2.56. The first-order chi connectivity index (χ1) is 13.4. The molecule has 2 heterocycles. The van der Waals surface area contributed by atoms with Crippen LogP contribution in [0.25, 0.3) is 0 Å². The second-order valence-electron chi connectivity index (χ2n) is 5.99. The quantitative estimate of drug-likeness (QED) is 0.632. The summed E-state index contributed by atoms with van der Waals surface area (Å²) >= 11 is 1.14. The molecule has 28 heavy (non-hydrogen) atoms. The molecule has 0 bridgehead atoms. The van der Waals surface area contributed by atoms with Crippen molar-refractivity contribution in [2.75, 3.05) is 12.4 Å². The SMILES string of the molecule is COC(=O)c1c(NC(=O)c2ccc(OCc3nsnc3C)cc2)c(C)nn1C. The van der Waals surface area contributed by atoms with E-state index in [1.165, 1.54) is 11.8 Å². The van der Waals surface area contributed by atoms with E-state index in [0.717, 1.165) is 23.1 Å². The van der Waals surface area contributed by atoms with E-state index >= 15 is 0 Å². The highest BCUT2D eigenvalue weighted by atomic mass is 32.1. The number of benzene rings is 1. The summed E-state index contributed by atoms with van der Waals surface area (Å²) in [5.74, 6) is -0.335. The molecular weight excluding hydrogens is 382 g/mol. The van der Waals surface area contributed by atoms with E-state index in [1.54, 1.807) is 38.2 Å². The topological polar surface area (TPSA) is 108 Å². The zero-order valence-electron chi connectivity index (χ0n) is 15.8. The Labute approximate surface area is 165 Å². The lowest BCUT2D eigenvalue weighted by Gasteiger charge is -2.08. The largest absolute Gasteiger partial charge is 0.487 e. The zero-order valence-corrected chi connectivity index (χ0v) is 16.7. The molecule has 0 fully saturated rings. The van der Waals surface area contributed by atoms with Crippen molar-refractivity contribution in [3.8, 4) is 5.75 Å². The van der Waals surface area contributed by atoms with E-state index in [2.05, 4.69) is 19.2 Å². The van der Waals surface area contributed by atoms with Gasteiger partial charge in [-0.3, -0.25) is 9.48 Å². The van der Waals surface area contributed by atoms with Gasteiger partial charge < -0.3 is 14.8 Å². The number of aryl methyl sites for hydroxylation is 3. The Kier molecular flexibility index (Phi) is 5.69. The van der Waals surface area contributed by atoms with Gasteiger partial charge in [-0.15, -0.1) is 0 Å². The Morgan fingerprint density at radius 3 is 2.46 bits per heavy atom. The smallest absolute Gasteiger partial charge is 0.358 e. The average molecular weight is 401 g/mol. The molecule has 2 aromatic heterocycles. The lowest BCUT2D eigenvalue weighted by atomic mass is 10.2. The van der Waals surface area contributed by atoms with Crippen molar-refractivity contribution in [3.63, 3.8) is 0 Å². The molecule has 3 aromatic rings. The molecule has 0 aliphatic rings. The van der Waals surface area contributed by atoms with Crippen LogP contribution in [0.5, 0.6) is 5.75 Å². The van der Waals surface area contributed by atoms with Gasteiger partial charge in [0.25, 0.3) is 5.91 Å². The first kappa shape index (κ1) is 19.5. The van der Waals surface area contributed by atoms with E-state index in [9.17, 15) is 9.59 Å². The van der Waals surface area contributed by atoms with Crippen molar-refractivity contribution in [3.05, 3.63) is 52.6 Å². The number of anilines is 1. The maximum Gasteiger partial charge on any atom is 0.358 e. The average Bonchev–Trinajstić information content (AvgIpc) is 3.22. The molecule has 0 saturated carbocycles. The molecule has 0 spiro atoms. The Morgan fingerprint density at radius 1 is 1.14 bits per heavy atom. The minimum Gasteiger partial charge on any atom is -0.487 e. The van der Waals surface area contributed by atoms with Crippen molar-refractivity contribution in [1.82, 2.24) is 18.5 Å². The summed E-state index contributed by atoms with van der Waals surface area (Å²) in [6.07, 6.45) is 0. The van der Waals surface area contributed by atoms with Gasteiger partial charge in [0.15, 0.2) is 5.69 Å². The van der Waals surface area contributed by atoms with Gasteiger partial charge in [0.05, 0.1) is 35.9 Å². The summed E-state index contributed by atoms with van der Waals surface area (Å²) in [5.41, 5.74) is 3.07.